The molecule has 34 heavy (non-hydrogen) atoms. The molecule has 9 heteroatoms. The fourth-order valence-electron chi connectivity index (χ4n) is 3.04. The van der Waals surface area contributed by atoms with Crippen molar-refractivity contribution in [3.8, 4) is 5.75 Å². The fraction of sp³-hybridized carbons (Fsp3) is 0.0800. The molecule has 7 nitrogen and oxygen atoms in total. The highest BCUT2D eigenvalue weighted by atomic mass is 79.9. The average Bonchev–Trinajstić information content (AvgIpc) is 3.25. The third kappa shape index (κ3) is 6.12. The highest BCUT2D eigenvalue weighted by Gasteiger charge is 2.14. The van der Waals surface area contributed by atoms with E-state index in [1.54, 1.807) is 30.3 Å². The van der Waals surface area contributed by atoms with E-state index in [0.29, 0.717) is 11.3 Å². The Balaban J connectivity index is 1.28. The maximum Gasteiger partial charge on any atom is 0.307 e. The van der Waals surface area contributed by atoms with E-state index in [1.165, 1.54) is 6.21 Å². The van der Waals surface area contributed by atoms with Crippen LogP contribution in [-0.4, -0.2) is 24.6 Å². The summed E-state index contributed by atoms with van der Waals surface area (Å²) in [4.78, 5) is 24.4. The summed E-state index contributed by atoms with van der Waals surface area (Å²) < 4.78 is 12.8. The van der Waals surface area contributed by atoms with Crippen LogP contribution in [0, 0.1) is 6.92 Å². The number of carbonyl (C=O) groups is 2. The molecule has 0 aliphatic rings. The van der Waals surface area contributed by atoms with Gasteiger partial charge < -0.3 is 14.5 Å². The van der Waals surface area contributed by atoms with Crippen molar-refractivity contribution in [2.75, 3.05) is 11.9 Å². The van der Waals surface area contributed by atoms with Crippen molar-refractivity contribution in [3.05, 3.63) is 92.6 Å². The van der Waals surface area contributed by atoms with Crippen molar-refractivity contribution < 1.29 is 18.7 Å². The third-order valence-electron chi connectivity index (χ3n) is 4.72. The molecule has 0 radical (unpaired) electrons. The van der Waals surface area contributed by atoms with Gasteiger partial charge in [0.15, 0.2) is 12.4 Å². The van der Waals surface area contributed by atoms with Crippen LogP contribution < -0.4 is 15.5 Å². The average molecular weight is 585 g/mol. The minimum Gasteiger partial charge on any atom is -0.484 e. The summed E-state index contributed by atoms with van der Waals surface area (Å²) >= 11 is 6.83. The summed E-state index contributed by atoms with van der Waals surface area (Å²) in [6.07, 6.45) is 1.50. The van der Waals surface area contributed by atoms with Crippen molar-refractivity contribution in [3.63, 3.8) is 0 Å². The first-order valence-electron chi connectivity index (χ1n) is 10.2. The normalized spacial score (nSPS) is 11.0. The number of benzene rings is 3. The van der Waals surface area contributed by atoms with E-state index >= 15 is 0 Å². The summed E-state index contributed by atoms with van der Waals surface area (Å²) in [5, 5.41) is 7.54. The van der Waals surface area contributed by atoms with Crippen molar-refractivity contribution in [1.82, 2.24) is 5.43 Å². The summed E-state index contributed by atoms with van der Waals surface area (Å²) in [5.41, 5.74) is 5.61. The standard InChI is InChI=1S/C25H19Br2N3O4/c1-15-2-6-19(7-3-15)29-23(31)14-33-20-8-4-16(5-9-20)13-28-30-25(32)22-11-17-10-18(26)12-21(27)24(17)34-22/h2-13H,14H2,1H3,(H,29,31)(H,30,32)/b28-13-. The number of anilines is 1. The number of furan rings is 1. The minimum absolute atomic E-state index is 0.110. The maximum atomic E-state index is 12.3. The van der Waals surface area contributed by atoms with Gasteiger partial charge in [0.25, 0.3) is 5.91 Å². The number of nitrogens with zero attached hydrogens (tertiary/aromatic N) is 1. The van der Waals surface area contributed by atoms with E-state index < -0.39 is 5.91 Å². The van der Waals surface area contributed by atoms with Gasteiger partial charge in [-0.05, 0) is 83.0 Å². The highest BCUT2D eigenvalue weighted by Crippen LogP contribution is 2.30. The molecule has 172 valence electrons. The molecule has 3 aromatic carbocycles. The second-order valence-electron chi connectivity index (χ2n) is 7.39. The molecule has 1 heterocycles. The van der Waals surface area contributed by atoms with Gasteiger partial charge in [-0.2, -0.15) is 5.10 Å². The van der Waals surface area contributed by atoms with E-state index in [0.717, 1.165) is 31.1 Å². The monoisotopic (exact) mass is 583 g/mol. The quantitative estimate of drug-likeness (QED) is 0.204. The summed E-state index contributed by atoms with van der Waals surface area (Å²) in [5.74, 6) is -0.0185. The van der Waals surface area contributed by atoms with Crippen LogP contribution in [0.2, 0.25) is 0 Å². The number of ether oxygens (including phenoxy) is 1. The summed E-state index contributed by atoms with van der Waals surface area (Å²) in [6.45, 7) is 1.87. The van der Waals surface area contributed by atoms with E-state index in [-0.39, 0.29) is 18.3 Å². The Kier molecular flexibility index (Phi) is 7.44. The van der Waals surface area contributed by atoms with Crippen LogP contribution in [0.15, 0.2) is 85.2 Å². The third-order valence-corrected chi connectivity index (χ3v) is 5.77. The molecule has 4 aromatic rings. The van der Waals surface area contributed by atoms with Gasteiger partial charge in [-0.25, -0.2) is 5.43 Å². The lowest BCUT2D eigenvalue weighted by Crippen LogP contribution is -2.20. The maximum absolute atomic E-state index is 12.3. The Labute approximate surface area is 212 Å². The predicted molar refractivity (Wildman–Crippen MR) is 138 cm³/mol. The fourth-order valence-corrected chi connectivity index (χ4v) is 4.38. The van der Waals surface area contributed by atoms with Crippen LogP contribution in [0.4, 0.5) is 5.69 Å². The molecule has 2 N–H and O–H groups in total. The molecular formula is C25H19Br2N3O4. The van der Waals surface area contributed by atoms with Crippen LogP contribution in [0.1, 0.15) is 21.7 Å². The van der Waals surface area contributed by atoms with Gasteiger partial charge in [0, 0.05) is 15.5 Å². The van der Waals surface area contributed by atoms with Crippen LogP contribution in [0.5, 0.6) is 5.75 Å². The lowest BCUT2D eigenvalue weighted by molar-refractivity contribution is -0.118. The SMILES string of the molecule is Cc1ccc(NC(=O)COc2ccc(/C=N\NC(=O)c3cc4cc(Br)cc(Br)c4o3)cc2)cc1. The number of aryl methyl sites for hydroxylation is 1. The zero-order valence-corrected chi connectivity index (χ0v) is 21.1. The first-order valence-corrected chi connectivity index (χ1v) is 11.8. The number of halogens is 2. The number of fused-ring (bicyclic) bond motifs is 1. The topological polar surface area (TPSA) is 92.9 Å². The number of rotatable bonds is 7. The number of nitrogens with one attached hydrogen (secondary N) is 2. The second-order valence-corrected chi connectivity index (χ2v) is 9.16. The molecule has 1 aromatic heterocycles. The van der Waals surface area contributed by atoms with E-state index in [1.807, 2.05) is 43.3 Å². The van der Waals surface area contributed by atoms with Gasteiger partial charge in [0.2, 0.25) is 0 Å². The van der Waals surface area contributed by atoms with Crippen LogP contribution in [0.25, 0.3) is 11.0 Å². The second kappa shape index (κ2) is 10.7. The lowest BCUT2D eigenvalue weighted by Gasteiger charge is -2.08. The van der Waals surface area contributed by atoms with Gasteiger partial charge in [0.05, 0.1) is 10.7 Å². The zero-order chi connectivity index (χ0) is 24.1. The van der Waals surface area contributed by atoms with E-state index in [2.05, 4.69) is 47.7 Å². The van der Waals surface area contributed by atoms with Crippen LogP contribution in [0.3, 0.4) is 0 Å². The molecule has 0 aliphatic heterocycles. The van der Waals surface area contributed by atoms with Crippen molar-refractivity contribution in [1.29, 1.82) is 0 Å². The van der Waals surface area contributed by atoms with Gasteiger partial charge in [0.1, 0.15) is 11.3 Å². The Morgan fingerprint density at radius 2 is 1.76 bits per heavy atom. The summed E-state index contributed by atoms with van der Waals surface area (Å²) in [7, 11) is 0. The van der Waals surface area contributed by atoms with Crippen molar-refractivity contribution in [2.24, 2.45) is 5.10 Å². The molecule has 2 amide bonds. The number of hydrazone groups is 1. The van der Waals surface area contributed by atoms with Crippen LogP contribution >= 0.6 is 31.9 Å². The number of carbonyl (C=O) groups excluding carboxylic acids is 2. The molecule has 0 bridgehead atoms. The lowest BCUT2D eigenvalue weighted by atomic mass is 10.2. The number of amides is 2. The zero-order valence-electron chi connectivity index (χ0n) is 18.0. The largest absolute Gasteiger partial charge is 0.484 e. The smallest absolute Gasteiger partial charge is 0.307 e. The van der Waals surface area contributed by atoms with Gasteiger partial charge in [-0.3, -0.25) is 9.59 Å². The first-order chi connectivity index (χ1) is 16.4. The van der Waals surface area contributed by atoms with E-state index in [9.17, 15) is 9.59 Å². The van der Waals surface area contributed by atoms with Gasteiger partial charge in [-0.1, -0.05) is 33.6 Å². The van der Waals surface area contributed by atoms with Crippen molar-refractivity contribution >= 4 is 66.5 Å². The molecular weight excluding hydrogens is 566 g/mol. The van der Waals surface area contributed by atoms with Crippen molar-refractivity contribution in [2.45, 2.75) is 6.92 Å². The van der Waals surface area contributed by atoms with Gasteiger partial charge >= 0.3 is 5.91 Å². The van der Waals surface area contributed by atoms with E-state index in [4.69, 9.17) is 9.15 Å². The molecule has 0 atom stereocenters. The molecule has 0 unspecified atom stereocenters. The Hall–Kier alpha value is -3.43. The molecule has 0 aliphatic carbocycles. The molecule has 0 saturated carbocycles. The molecule has 0 spiro atoms. The highest BCUT2D eigenvalue weighted by molar-refractivity contribution is 9.11. The van der Waals surface area contributed by atoms with Crippen LogP contribution in [-0.2, 0) is 4.79 Å². The number of hydrogen-bond donors (Lipinski definition) is 2. The number of hydrogen-bond acceptors (Lipinski definition) is 5. The Morgan fingerprint density at radius 3 is 2.50 bits per heavy atom. The molecule has 4 rings (SSSR count). The minimum atomic E-state index is -0.463. The Morgan fingerprint density at radius 1 is 1.03 bits per heavy atom. The first kappa shape index (κ1) is 23.7. The summed E-state index contributed by atoms with van der Waals surface area (Å²) in [6, 6.07) is 19.8. The Bertz CT molecular complexity index is 1360. The predicted octanol–water partition coefficient (Wildman–Crippen LogP) is 6.05. The molecule has 0 saturated heterocycles. The van der Waals surface area contributed by atoms with Gasteiger partial charge in [-0.15, -0.1) is 0 Å². The molecule has 0 fully saturated rings.